The van der Waals surface area contributed by atoms with Crippen LogP contribution in [0.3, 0.4) is 0 Å². The van der Waals surface area contributed by atoms with Gasteiger partial charge in [0.25, 0.3) is 5.69 Å². The van der Waals surface area contributed by atoms with Gasteiger partial charge in [-0.2, -0.15) is 0 Å². The van der Waals surface area contributed by atoms with Crippen LogP contribution < -0.4 is 10.2 Å². The number of aromatic nitrogens is 1. The van der Waals surface area contributed by atoms with E-state index < -0.39 is 49.2 Å². The van der Waals surface area contributed by atoms with Gasteiger partial charge in [0.15, 0.2) is 11.6 Å². The van der Waals surface area contributed by atoms with Crippen molar-refractivity contribution in [1.82, 2.24) is 4.98 Å². The zero-order chi connectivity index (χ0) is 19.2. The van der Waals surface area contributed by atoms with Crippen LogP contribution in [0.5, 0.6) is 5.75 Å². The van der Waals surface area contributed by atoms with Gasteiger partial charge in [-0.05, 0) is 19.8 Å². The monoisotopic (exact) mass is 384 g/mol. The molecule has 138 valence electrons. The summed E-state index contributed by atoms with van der Waals surface area (Å²) in [5, 5.41) is 11.2. The minimum absolute atomic E-state index is 0.0151. The van der Waals surface area contributed by atoms with Gasteiger partial charge >= 0.3 is 5.97 Å². The van der Waals surface area contributed by atoms with Crippen LogP contribution in [0.1, 0.15) is 35.7 Å². The Morgan fingerprint density at radius 2 is 2.15 bits per heavy atom. The molecule has 1 N–H and O–H groups in total. The third-order valence-electron chi connectivity index (χ3n) is 4.22. The fraction of sp³-hybridized carbons (Fsp3) is 0.375. The molecular weight excluding hydrogens is 371 g/mol. The second-order valence-electron chi connectivity index (χ2n) is 5.80. The second kappa shape index (κ2) is 6.24. The Labute approximate surface area is 151 Å². The van der Waals surface area contributed by atoms with Crippen LogP contribution in [0, 0.1) is 15.9 Å². The summed E-state index contributed by atoms with van der Waals surface area (Å²) >= 11 is 6.25. The lowest BCUT2D eigenvalue weighted by Gasteiger charge is -2.15. The van der Waals surface area contributed by atoms with Crippen molar-refractivity contribution < 1.29 is 23.6 Å². The highest BCUT2D eigenvalue weighted by molar-refractivity contribution is 6.26. The molecule has 0 saturated heterocycles. The molecule has 0 radical (unpaired) electrons. The minimum atomic E-state index is -1.28. The topological polar surface area (TPSA) is 112 Å². The molecule has 0 atom stereocenters. The number of carbonyl (C=O) groups excluding carboxylic acids is 1. The Bertz CT molecular complexity index is 999. The molecule has 1 aromatic carbocycles. The van der Waals surface area contributed by atoms with Crippen LogP contribution in [-0.4, -0.2) is 29.6 Å². The summed E-state index contributed by atoms with van der Waals surface area (Å²) in [5.41, 5.74) is -2.77. The standard InChI is InChI=1S/C16H14ClFN2O6/c1-3-26-15(22)7-6-19-11-8(13(7)21)12(20(23)24)9(16(17)4-5-16)10(18)14(11)25-2/h6H,3-5H2,1-2H3,(H,19,21). The van der Waals surface area contributed by atoms with E-state index in [4.69, 9.17) is 21.1 Å². The van der Waals surface area contributed by atoms with E-state index in [1.165, 1.54) is 7.11 Å². The fourth-order valence-corrected chi connectivity index (χ4v) is 3.16. The molecule has 10 heteroatoms. The maximum atomic E-state index is 14.9. The third kappa shape index (κ3) is 2.59. The van der Waals surface area contributed by atoms with E-state index in [9.17, 15) is 24.1 Å². The van der Waals surface area contributed by atoms with E-state index in [0.717, 1.165) is 6.20 Å². The van der Waals surface area contributed by atoms with Gasteiger partial charge in [-0.15, -0.1) is 11.6 Å². The lowest BCUT2D eigenvalue weighted by Crippen LogP contribution is -2.21. The highest BCUT2D eigenvalue weighted by Crippen LogP contribution is 2.57. The number of hydrogen-bond acceptors (Lipinski definition) is 6. The maximum Gasteiger partial charge on any atom is 0.343 e. The summed E-state index contributed by atoms with van der Waals surface area (Å²) in [6.07, 6.45) is 1.65. The Balaban J connectivity index is 2.50. The fourth-order valence-electron chi connectivity index (χ4n) is 2.89. The number of carbonyl (C=O) groups is 1. The molecule has 8 nitrogen and oxygen atoms in total. The summed E-state index contributed by atoms with van der Waals surface area (Å²) in [6, 6.07) is 0. The number of nitrogens with zero attached hydrogens (tertiary/aromatic N) is 1. The van der Waals surface area contributed by atoms with Crippen molar-refractivity contribution in [3.8, 4) is 5.75 Å². The van der Waals surface area contributed by atoms with E-state index in [-0.39, 0.29) is 17.9 Å². The molecule has 1 aromatic heterocycles. The predicted molar refractivity (Wildman–Crippen MR) is 90.5 cm³/mol. The number of nitro benzene ring substituents is 1. The number of halogens is 2. The number of esters is 1. The van der Waals surface area contributed by atoms with Crippen molar-refractivity contribution in [2.24, 2.45) is 0 Å². The highest BCUT2D eigenvalue weighted by Gasteiger charge is 2.51. The molecule has 3 rings (SSSR count). The van der Waals surface area contributed by atoms with Crippen molar-refractivity contribution in [2.75, 3.05) is 13.7 Å². The lowest BCUT2D eigenvalue weighted by molar-refractivity contribution is -0.384. The number of methoxy groups -OCH3 is 1. The van der Waals surface area contributed by atoms with Crippen molar-refractivity contribution >= 4 is 34.2 Å². The van der Waals surface area contributed by atoms with Crippen molar-refractivity contribution in [2.45, 2.75) is 24.6 Å². The average Bonchev–Trinajstić information content (AvgIpc) is 3.32. The average molecular weight is 385 g/mol. The smallest absolute Gasteiger partial charge is 0.343 e. The maximum absolute atomic E-state index is 14.9. The van der Waals surface area contributed by atoms with E-state index in [1.807, 2.05) is 0 Å². The lowest BCUT2D eigenvalue weighted by atomic mass is 10.00. The molecule has 0 unspecified atom stereocenters. The van der Waals surface area contributed by atoms with E-state index in [1.54, 1.807) is 6.92 Å². The van der Waals surface area contributed by atoms with Crippen LogP contribution in [0.25, 0.3) is 10.9 Å². The van der Waals surface area contributed by atoms with Gasteiger partial charge in [0.2, 0.25) is 5.43 Å². The summed E-state index contributed by atoms with van der Waals surface area (Å²) in [5.74, 6) is -2.32. The first-order valence-corrected chi connectivity index (χ1v) is 8.10. The van der Waals surface area contributed by atoms with Gasteiger partial charge in [0.05, 0.1) is 29.1 Å². The molecule has 1 fully saturated rings. The first-order chi connectivity index (χ1) is 12.3. The second-order valence-corrected chi connectivity index (χ2v) is 6.52. The SMILES string of the molecule is CCOC(=O)c1c[nH]c2c(OC)c(F)c(C3(Cl)CC3)c([N+](=O)[O-])c2c1=O. The van der Waals surface area contributed by atoms with Crippen LogP contribution in [0.4, 0.5) is 10.1 Å². The van der Waals surface area contributed by atoms with Crippen molar-refractivity contribution in [3.63, 3.8) is 0 Å². The largest absolute Gasteiger partial charge is 0.492 e. The number of alkyl halides is 1. The third-order valence-corrected chi connectivity index (χ3v) is 4.79. The van der Waals surface area contributed by atoms with Crippen molar-refractivity contribution in [3.05, 3.63) is 43.5 Å². The summed E-state index contributed by atoms with van der Waals surface area (Å²) < 4.78 is 24.7. The van der Waals surface area contributed by atoms with Gasteiger partial charge in [0.1, 0.15) is 16.5 Å². The number of benzene rings is 1. The number of nitro groups is 1. The summed E-state index contributed by atoms with van der Waals surface area (Å²) in [7, 11) is 1.17. The Hall–Kier alpha value is -2.68. The molecule has 2 aromatic rings. The highest BCUT2D eigenvalue weighted by atomic mass is 35.5. The van der Waals surface area contributed by atoms with Gasteiger partial charge in [-0.3, -0.25) is 14.9 Å². The molecule has 0 aliphatic heterocycles. The molecule has 0 bridgehead atoms. The molecule has 1 saturated carbocycles. The molecular formula is C16H14ClFN2O6. The molecule has 1 aliphatic rings. The zero-order valence-electron chi connectivity index (χ0n) is 13.9. The van der Waals surface area contributed by atoms with Gasteiger partial charge in [-0.25, -0.2) is 9.18 Å². The van der Waals surface area contributed by atoms with Gasteiger partial charge < -0.3 is 14.5 Å². The van der Waals surface area contributed by atoms with Crippen LogP contribution in [0.2, 0.25) is 0 Å². The molecule has 26 heavy (non-hydrogen) atoms. The summed E-state index contributed by atoms with van der Waals surface area (Å²) in [4.78, 5) is 36.9. The first-order valence-electron chi connectivity index (χ1n) is 7.72. The zero-order valence-corrected chi connectivity index (χ0v) is 14.6. The van der Waals surface area contributed by atoms with E-state index in [2.05, 4.69) is 4.98 Å². The minimum Gasteiger partial charge on any atom is -0.492 e. The van der Waals surface area contributed by atoms with Crippen LogP contribution in [0.15, 0.2) is 11.0 Å². The Morgan fingerprint density at radius 3 is 2.65 bits per heavy atom. The molecule has 1 heterocycles. The van der Waals surface area contributed by atoms with Crippen LogP contribution in [-0.2, 0) is 9.61 Å². The van der Waals surface area contributed by atoms with Gasteiger partial charge in [-0.1, -0.05) is 0 Å². The molecule has 1 aliphatic carbocycles. The Kier molecular flexibility index (Phi) is 4.35. The number of pyridine rings is 1. The number of H-pyrrole nitrogens is 1. The summed E-state index contributed by atoms with van der Waals surface area (Å²) in [6.45, 7) is 1.57. The van der Waals surface area contributed by atoms with Gasteiger partial charge in [0, 0.05) is 6.20 Å². The Morgan fingerprint density at radius 1 is 1.50 bits per heavy atom. The molecule has 0 spiro atoms. The van der Waals surface area contributed by atoms with E-state index >= 15 is 0 Å². The number of nitrogens with one attached hydrogen (secondary N) is 1. The number of hydrogen-bond donors (Lipinski definition) is 1. The van der Waals surface area contributed by atoms with Crippen molar-refractivity contribution in [1.29, 1.82) is 0 Å². The van der Waals surface area contributed by atoms with Crippen LogP contribution >= 0.6 is 11.6 Å². The predicted octanol–water partition coefficient (Wildman–Crippen LogP) is 2.99. The van der Waals surface area contributed by atoms with E-state index in [0.29, 0.717) is 12.8 Å². The normalized spacial score (nSPS) is 14.9. The molecule has 0 amide bonds. The quantitative estimate of drug-likeness (QED) is 0.367. The first kappa shape index (κ1) is 18.1. The number of rotatable bonds is 5. The number of fused-ring (bicyclic) bond motifs is 1. The number of aromatic amines is 1. The number of ether oxygens (including phenoxy) is 2.